The minimum Gasteiger partial charge on any atom is -0.353 e. The van der Waals surface area contributed by atoms with Gasteiger partial charge in [-0.05, 0) is 74.1 Å². The Morgan fingerprint density at radius 3 is 3.00 bits per heavy atom. The van der Waals surface area contributed by atoms with Gasteiger partial charge in [-0.15, -0.1) is 0 Å². The molecule has 0 saturated carbocycles. The van der Waals surface area contributed by atoms with Crippen LogP contribution in [-0.2, 0) is 15.9 Å². The third-order valence-electron chi connectivity index (χ3n) is 4.45. The monoisotopic (exact) mass is 338 g/mol. The van der Waals surface area contributed by atoms with Crippen molar-refractivity contribution in [3.05, 3.63) is 33.8 Å². The number of halogens is 1. The number of aryl methyl sites for hydroxylation is 1. The van der Waals surface area contributed by atoms with E-state index in [0.717, 1.165) is 26.1 Å². The lowest BCUT2D eigenvalue weighted by Gasteiger charge is -2.27. The number of rotatable bonds is 4. The highest BCUT2D eigenvalue weighted by Gasteiger charge is 2.21. The van der Waals surface area contributed by atoms with E-state index in [1.165, 1.54) is 47.7 Å². The first-order chi connectivity index (χ1) is 9.83. The van der Waals surface area contributed by atoms with Crippen LogP contribution in [0.25, 0.3) is 0 Å². The van der Waals surface area contributed by atoms with E-state index in [2.05, 4.69) is 34.1 Å². The van der Waals surface area contributed by atoms with Gasteiger partial charge < -0.3 is 9.47 Å². The molecular formula is C17H23BrO2. The van der Waals surface area contributed by atoms with Gasteiger partial charge in [-0.1, -0.05) is 22.0 Å². The normalized spacial score (nSPS) is 26.2. The molecule has 1 aromatic rings. The van der Waals surface area contributed by atoms with E-state index in [-0.39, 0.29) is 6.29 Å². The SMILES string of the molecule is Brc1ccc2c(c1)CCC[C@@H]2CCO[C@@H]1CCCCO1. The third-order valence-corrected chi connectivity index (χ3v) is 4.94. The first-order valence-corrected chi connectivity index (χ1v) is 8.64. The maximum atomic E-state index is 5.89. The molecule has 0 unspecified atom stereocenters. The van der Waals surface area contributed by atoms with Gasteiger partial charge in [-0.25, -0.2) is 0 Å². The Morgan fingerprint density at radius 1 is 1.20 bits per heavy atom. The second kappa shape index (κ2) is 7.06. The summed E-state index contributed by atoms with van der Waals surface area (Å²) in [6.07, 6.45) is 8.48. The summed E-state index contributed by atoms with van der Waals surface area (Å²) in [7, 11) is 0. The Hall–Kier alpha value is -0.380. The van der Waals surface area contributed by atoms with Crippen molar-refractivity contribution in [3.8, 4) is 0 Å². The van der Waals surface area contributed by atoms with Crippen LogP contribution < -0.4 is 0 Å². The molecule has 1 aliphatic heterocycles. The van der Waals surface area contributed by atoms with Crippen molar-refractivity contribution in [2.75, 3.05) is 13.2 Å². The Balaban J connectivity index is 1.53. The molecule has 0 N–H and O–H groups in total. The minimum absolute atomic E-state index is 0.0525. The Kier molecular flexibility index (Phi) is 5.14. The zero-order valence-electron chi connectivity index (χ0n) is 11.9. The summed E-state index contributed by atoms with van der Waals surface area (Å²) < 4.78 is 12.7. The smallest absolute Gasteiger partial charge is 0.157 e. The van der Waals surface area contributed by atoms with Gasteiger partial charge in [0.15, 0.2) is 6.29 Å². The number of hydrogen-bond acceptors (Lipinski definition) is 2. The van der Waals surface area contributed by atoms with Gasteiger partial charge in [0.25, 0.3) is 0 Å². The summed E-state index contributed by atoms with van der Waals surface area (Å²) in [5.74, 6) is 0.662. The molecule has 0 amide bonds. The Labute approximate surface area is 130 Å². The zero-order chi connectivity index (χ0) is 13.8. The molecule has 0 radical (unpaired) electrons. The minimum atomic E-state index is 0.0525. The fourth-order valence-electron chi connectivity index (χ4n) is 3.37. The molecule has 0 spiro atoms. The average Bonchev–Trinajstić information content (AvgIpc) is 2.48. The third kappa shape index (κ3) is 3.63. The van der Waals surface area contributed by atoms with Crippen LogP contribution in [0.15, 0.2) is 22.7 Å². The second-order valence-corrected chi connectivity index (χ2v) is 6.80. The topological polar surface area (TPSA) is 18.5 Å². The molecule has 1 aromatic carbocycles. The van der Waals surface area contributed by atoms with E-state index >= 15 is 0 Å². The van der Waals surface area contributed by atoms with E-state index in [9.17, 15) is 0 Å². The molecular weight excluding hydrogens is 316 g/mol. The van der Waals surface area contributed by atoms with Crippen molar-refractivity contribution in [1.82, 2.24) is 0 Å². The molecule has 1 fully saturated rings. The first-order valence-electron chi connectivity index (χ1n) is 7.84. The van der Waals surface area contributed by atoms with Crippen molar-refractivity contribution < 1.29 is 9.47 Å². The van der Waals surface area contributed by atoms with Crippen molar-refractivity contribution in [1.29, 1.82) is 0 Å². The quantitative estimate of drug-likeness (QED) is 0.784. The van der Waals surface area contributed by atoms with E-state index in [0.29, 0.717) is 5.92 Å². The van der Waals surface area contributed by atoms with Gasteiger partial charge in [-0.3, -0.25) is 0 Å². The molecule has 1 heterocycles. The maximum Gasteiger partial charge on any atom is 0.157 e. The van der Waals surface area contributed by atoms with Crippen molar-refractivity contribution >= 4 is 15.9 Å². The van der Waals surface area contributed by atoms with Gasteiger partial charge in [0.1, 0.15) is 0 Å². The molecule has 2 aliphatic rings. The molecule has 1 aliphatic carbocycles. The lowest BCUT2D eigenvalue weighted by atomic mass is 9.81. The highest BCUT2D eigenvalue weighted by Crippen LogP contribution is 2.35. The van der Waals surface area contributed by atoms with Gasteiger partial charge in [0.2, 0.25) is 0 Å². The van der Waals surface area contributed by atoms with Crippen LogP contribution >= 0.6 is 15.9 Å². The molecule has 0 bridgehead atoms. The Bertz CT molecular complexity index is 441. The zero-order valence-corrected chi connectivity index (χ0v) is 13.5. The van der Waals surface area contributed by atoms with Crippen LogP contribution in [0.2, 0.25) is 0 Å². The van der Waals surface area contributed by atoms with Gasteiger partial charge >= 0.3 is 0 Å². The summed E-state index contributed by atoms with van der Waals surface area (Å²) >= 11 is 3.57. The largest absolute Gasteiger partial charge is 0.353 e. The fourth-order valence-corrected chi connectivity index (χ4v) is 3.78. The van der Waals surface area contributed by atoms with Crippen molar-refractivity contribution in [2.24, 2.45) is 0 Å². The highest BCUT2D eigenvalue weighted by atomic mass is 79.9. The average molecular weight is 339 g/mol. The van der Waals surface area contributed by atoms with Crippen LogP contribution in [0.3, 0.4) is 0 Å². The molecule has 1 saturated heterocycles. The summed E-state index contributed by atoms with van der Waals surface area (Å²) in [5.41, 5.74) is 3.05. The maximum absolute atomic E-state index is 5.89. The summed E-state index contributed by atoms with van der Waals surface area (Å²) in [6.45, 7) is 1.69. The second-order valence-electron chi connectivity index (χ2n) is 5.89. The van der Waals surface area contributed by atoms with Crippen LogP contribution in [-0.4, -0.2) is 19.5 Å². The molecule has 2 atom stereocenters. The van der Waals surface area contributed by atoms with Gasteiger partial charge in [0.05, 0.1) is 6.61 Å². The van der Waals surface area contributed by atoms with Crippen molar-refractivity contribution in [3.63, 3.8) is 0 Å². The van der Waals surface area contributed by atoms with E-state index in [1.54, 1.807) is 0 Å². The van der Waals surface area contributed by atoms with Gasteiger partial charge in [-0.2, -0.15) is 0 Å². The fraction of sp³-hybridized carbons (Fsp3) is 0.647. The summed E-state index contributed by atoms with van der Waals surface area (Å²) in [6, 6.07) is 6.75. The van der Waals surface area contributed by atoms with Crippen LogP contribution in [0.1, 0.15) is 55.6 Å². The molecule has 110 valence electrons. The summed E-state index contributed by atoms with van der Waals surface area (Å²) in [4.78, 5) is 0. The molecule has 3 rings (SSSR count). The number of fused-ring (bicyclic) bond motifs is 1. The van der Waals surface area contributed by atoms with Crippen LogP contribution in [0.4, 0.5) is 0 Å². The lowest BCUT2D eigenvalue weighted by Crippen LogP contribution is -2.23. The van der Waals surface area contributed by atoms with Crippen molar-refractivity contribution in [2.45, 2.75) is 57.2 Å². The predicted molar refractivity (Wildman–Crippen MR) is 84.0 cm³/mol. The lowest BCUT2D eigenvalue weighted by molar-refractivity contribution is -0.163. The number of benzene rings is 1. The standard InChI is InChI=1S/C17H23BrO2/c18-15-7-8-16-13(4-3-5-14(16)12-15)9-11-20-17-6-1-2-10-19-17/h7-8,12-13,17H,1-6,9-11H2/t13-,17-/m1/s1. The van der Waals surface area contributed by atoms with E-state index in [1.807, 2.05) is 0 Å². The predicted octanol–water partition coefficient (Wildman–Crippen LogP) is 4.80. The number of ether oxygens (including phenoxy) is 2. The highest BCUT2D eigenvalue weighted by molar-refractivity contribution is 9.10. The van der Waals surface area contributed by atoms with Crippen LogP contribution in [0, 0.1) is 0 Å². The Morgan fingerprint density at radius 2 is 2.15 bits per heavy atom. The summed E-state index contributed by atoms with van der Waals surface area (Å²) in [5, 5.41) is 0. The number of hydrogen-bond donors (Lipinski definition) is 0. The van der Waals surface area contributed by atoms with Gasteiger partial charge in [0, 0.05) is 11.1 Å². The molecule has 2 nitrogen and oxygen atoms in total. The van der Waals surface area contributed by atoms with E-state index < -0.39 is 0 Å². The first kappa shape index (κ1) is 14.6. The van der Waals surface area contributed by atoms with E-state index in [4.69, 9.17) is 9.47 Å². The molecule has 0 aromatic heterocycles. The molecule has 20 heavy (non-hydrogen) atoms. The van der Waals surface area contributed by atoms with Crippen LogP contribution in [0.5, 0.6) is 0 Å². The molecule has 3 heteroatoms.